The van der Waals surface area contributed by atoms with Crippen molar-refractivity contribution in [1.29, 1.82) is 0 Å². The van der Waals surface area contributed by atoms with Gasteiger partial charge in [-0.05, 0) is 19.8 Å². The van der Waals surface area contributed by atoms with Crippen molar-refractivity contribution in [3.63, 3.8) is 0 Å². The van der Waals surface area contributed by atoms with Crippen LogP contribution in [0.5, 0.6) is 0 Å². The smallest absolute Gasteiger partial charge is 0.132 e. The van der Waals surface area contributed by atoms with Crippen LogP contribution >= 0.6 is 0 Å². The first kappa shape index (κ1) is 11.6. The molecular formula is C10H20O2. The molecule has 1 saturated heterocycles. The van der Waals surface area contributed by atoms with Gasteiger partial charge in [-0.2, -0.15) is 0 Å². The number of ketones is 1. The third kappa shape index (κ3) is 6.35. The lowest BCUT2D eigenvalue weighted by atomic mass is 10.3. The third-order valence-electron chi connectivity index (χ3n) is 1.95. The quantitative estimate of drug-likeness (QED) is 0.640. The fraction of sp³-hybridized carbons (Fsp3) is 0.900. The maximum Gasteiger partial charge on any atom is 0.132 e. The molecule has 1 aliphatic heterocycles. The van der Waals surface area contributed by atoms with Crippen LogP contribution < -0.4 is 0 Å². The zero-order chi connectivity index (χ0) is 9.40. The minimum absolute atomic E-state index is 0.343. The van der Waals surface area contributed by atoms with Gasteiger partial charge in [-0.15, -0.1) is 0 Å². The molecule has 0 aliphatic carbocycles. The fourth-order valence-electron chi connectivity index (χ4n) is 0.989. The van der Waals surface area contributed by atoms with Gasteiger partial charge in [0.25, 0.3) is 0 Å². The first-order valence-corrected chi connectivity index (χ1v) is 4.84. The predicted octanol–water partition coefficient (Wildman–Crippen LogP) is 2.56. The highest BCUT2D eigenvalue weighted by molar-refractivity contribution is 5.77. The van der Waals surface area contributed by atoms with Crippen molar-refractivity contribution >= 4 is 5.78 Å². The highest BCUT2D eigenvalue weighted by atomic mass is 16.5. The van der Waals surface area contributed by atoms with Crippen molar-refractivity contribution in [3.8, 4) is 0 Å². The number of hydrogen-bond acceptors (Lipinski definition) is 2. The second-order valence-corrected chi connectivity index (χ2v) is 3.07. The van der Waals surface area contributed by atoms with Crippen molar-refractivity contribution in [2.45, 2.75) is 52.6 Å². The van der Waals surface area contributed by atoms with E-state index in [4.69, 9.17) is 4.74 Å². The second-order valence-electron chi connectivity index (χ2n) is 3.07. The summed E-state index contributed by atoms with van der Waals surface area (Å²) >= 11 is 0. The lowest BCUT2D eigenvalue weighted by molar-refractivity contribution is -0.118. The Morgan fingerprint density at radius 1 is 1.42 bits per heavy atom. The van der Waals surface area contributed by atoms with Gasteiger partial charge in [-0.1, -0.05) is 13.8 Å². The fourth-order valence-corrected chi connectivity index (χ4v) is 0.989. The van der Waals surface area contributed by atoms with Gasteiger partial charge in [0.15, 0.2) is 0 Å². The molecule has 12 heavy (non-hydrogen) atoms. The molecule has 0 aromatic rings. The van der Waals surface area contributed by atoms with Crippen molar-refractivity contribution in [2.75, 3.05) is 6.61 Å². The molecule has 1 atom stereocenters. The van der Waals surface area contributed by atoms with Crippen LogP contribution in [0.1, 0.15) is 46.5 Å². The largest absolute Gasteiger partial charge is 0.379 e. The molecule has 1 heterocycles. The number of ether oxygens (including phenoxy) is 1. The van der Waals surface area contributed by atoms with E-state index in [1.54, 1.807) is 0 Å². The van der Waals surface area contributed by atoms with E-state index in [-0.39, 0.29) is 0 Å². The monoisotopic (exact) mass is 172 g/mol. The highest BCUT2D eigenvalue weighted by Crippen LogP contribution is 2.09. The van der Waals surface area contributed by atoms with Crippen LogP contribution in [0.2, 0.25) is 0 Å². The van der Waals surface area contributed by atoms with Gasteiger partial charge in [-0.3, -0.25) is 4.79 Å². The Morgan fingerprint density at radius 3 is 2.08 bits per heavy atom. The van der Waals surface area contributed by atoms with Gasteiger partial charge in [-0.25, -0.2) is 0 Å². The van der Waals surface area contributed by atoms with E-state index >= 15 is 0 Å². The number of Topliss-reactive ketones (excluding diaryl/α,β-unsaturated/α-hetero) is 1. The predicted molar refractivity (Wildman–Crippen MR) is 50.2 cm³/mol. The standard InChI is InChI=1S/2C5H10O/c1-5-3-2-4-6-5;1-3-5(6)4-2/h5H,2-4H2,1H3;3-4H2,1-2H3. The SMILES string of the molecule is CC1CCCO1.CCC(=O)CC. The van der Waals surface area contributed by atoms with E-state index in [0.29, 0.717) is 24.7 Å². The molecule has 0 saturated carbocycles. The molecule has 1 unspecified atom stereocenters. The summed E-state index contributed by atoms with van der Waals surface area (Å²) in [7, 11) is 0. The summed E-state index contributed by atoms with van der Waals surface area (Å²) in [5, 5.41) is 0. The minimum atomic E-state index is 0.343. The van der Waals surface area contributed by atoms with E-state index in [2.05, 4.69) is 6.92 Å². The van der Waals surface area contributed by atoms with E-state index < -0.39 is 0 Å². The summed E-state index contributed by atoms with van der Waals surface area (Å²) in [6.07, 6.45) is 4.46. The van der Waals surface area contributed by atoms with Crippen LogP contribution in [0.3, 0.4) is 0 Å². The van der Waals surface area contributed by atoms with Crippen LogP contribution in [0, 0.1) is 0 Å². The van der Waals surface area contributed by atoms with Crippen LogP contribution in [-0.4, -0.2) is 18.5 Å². The van der Waals surface area contributed by atoms with Crippen molar-refractivity contribution in [2.24, 2.45) is 0 Å². The average Bonchev–Trinajstić information content (AvgIpc) is 2.55. The molecule has 0 aromatic carbocycles. The highest BCUT2D eigenvalue weighted by Gasteiger charge is 2.07. The Labute approximate surface area is 75.3 Å². The first-order chi connectivity index (χ1) is 5.70. The minimum Gasteiger partial charge on any atom is -0.379 e. The number of carbonyl (C=O) groups is 1. The Balaban J connectivity index is 0.000000202. The maximum absolute atomic E-state index is 10.2. The number of carbonyl (C=O) groups excluding carboxylic acids is 1. The summed E-state index contributed by atoms with van der Waals surface area (Å²) in [6.45, 7) is 6.87. The number of hydrogen-bond donors (Lipinski definition) is 0. The topological polar surface area (TPSA) is 26.3 Å². The molecule has 2 nitrogen and oxygen atoms in total. The van der Waals surface area contributed by atoms with Crippen LogP contribution in [-0.2, 0) is 9.53 Å². The molecule has 1 aliphatic rings. The second kappa shape index (κ2) is 7.29. The Morgan fingerprint density at radius 2 is 2.00 bits per heavy atom. The summed E-state index contributed by atoms with van der Waals surface area (Å²) < 4.78 is 5.15. The molecule has 0 radical (unpaired) electrons. The average molecular weight is 172 g/mol. The molecule has 0 N–H and O–H groups in total. The zero-order valence-electron chi connectivity index (χ0n) is 8.43. The lowest BCUT2D eigenvalue weighted by Crippen LogP contribution is -1.94. The molecule has 1 rings (SSSR count). The van der Waals surface area contributed by atoms with E-state index in [9.17, 15) is 4.79 Å². The molecule has 72 valence electrons. The molecule has 2 heteroatoms. The zero-order valence-corrected chi connectivity index (χ0v) is 8.43. The van der Waals surface area contributed by atoms with Crippen LogP contribution in [0.4, 0.5) is 0 Å². The molecule has 1 fully saturated rings. The summed E-state index contributed by atoms with van der Waals surface area (Å²) in [5.74, 6) is 0.343. The van der Waals surface area contributed by atoms with Gasteiger partial charge in [0.1, 0.15) is 5.78 Å². The number of rotatable bonds is 2. The Bertz CT molecular complexity index is 109. The lowest BCUT2D eigenvalue weighted by Gasteiger charge is -1.94. The van der Waals surface area contributed by atoms with Gasteiger partial charge in [0.2, 0.25) is 0 Å². The van der Waals surface area contributed by atoms with Gasteiger partial charge < -0.3 is 4.74 Å². The van der Waals surface area contributed by atoms with Crippen molar-refractivity contribution in [1.82, 2.24) is 0 Å². The molecule has 0 amide bonds. The summed E-state index contributed by atoms with van der Waals surface area (Å²) in [6, 6.07) is 0. The molecular weight excluding hydrogens is 152 g/mol. The van der Waals surface area contributed by atoms with E-state index in [0.717, 1.165) is 6.61 Å². The Hall–Kier alpha value is -0.370. The van der Waals surface area contributed by atoms with Gasteiger partial charge in [0, 0.05) is 19.4 Å². The van der Waals surface area contributed by atoms with Crippen molar-refractivity contribution in [3.05, 3.63) is 0 Å². The van der Waals surface area contributed by atoms with E-state index in [1.807, 2.05) is 13.8 Å². The maximum atomic E-state index is 10.2. The third-order valence-corrected chi connectivity index (χ3v) is 1.95. The van der Waals surface area contributed by atoms with Gasteiger partial charge in [0.05, 0.1) is 6.10 Å². The molecule has 0 bridgehead atoms. The van der Waals surface area contributed by atoms with Crippen molar-refractivity contribution < 1.29 is 9.53 Å². The Kier molecular flexibility index (Phi) is 7.06. The summed E-state index contributed by atoms with van der Waals surface area (Å²) in [4.78, 5) is 10.2. The van der Waals surface area contributed by atoms with E-state index in [1.165, 1.54) is 12.8 Å². The first-order valence-electron chi connectivity index (χ1n) is 4.84. The molecule has 0 aromatic heterocycles. The summed E-state index contributed by atoms with van der Waals surface area (Å²) in [5.41, 5.74) is 0. The van der Waals surface area contributed by atoms with Gasteiger partial charge >= 0.3 is 0 Å². The molecule has 0 spiro atoms. The normalized spacial score (nSPS) is 21.4. The van der Waals surface area contributed by atoms with Crippen LogP contribution in [0.25, 0.3) is 0 Å². The van der Waals surface area contributed by atoms with Crippen LogP contribution in [0.15, 0.2) is 0 Å².